The molecule has 1 aliphatic carbocycles. The van der Waals surface area contributed by atoms with Crippen molar-refractivity contribution in [3.05, 3.63) is 64.3 Å². The van der Waals surface area contributed by atoms with Crippen LogP contribution in [0.3, 0.4) is 0 Å². The van der Waals surface area contributed by atoms with Gasteiger partial charge in [0.1, 0.15) is 5.65 Å². The third kappa shape index (κ3) is 3.03. The molecule has 5 heteroatoms. The summed E-state index contributed by atoms with van der Waals surface area (Å²) in [6.45, 7) is 0.919. The molecule has 3 aromatic rings. The predicted molar refractivity (Wildman–Crippen MR) is 94.5 cm³/mol. The van der Waals surface area contributed by atoms with Crippen molar-refractivity contribution in [3.63, 3.8) is 0 Å². The van der Waals surface area contributed by atoms with Gasteiger partial charge < -0.3 is 5.32 Å². The number of aromatic nitrogens is 3. The summed E-state index contributed by atoms with van der Waals surface area (Å²) < 4.78 is 3.11. The molecule has 1 aliphatic rings. The van der Waals surface area contributed by atoms with Gasteiger partial charge in [0.2, 0.25) is 0 Å². The first-order valence-electron chi connectivity index (χ1n) is 8.11. The lowest BCUT2D eigenvalue weighted by Crippen LogP contribution is -2.28. The Bertz CT molecular complexity index is 827. The Hall–Kier alpha value is -1.72. The van der Waals surface area contributed by atoms with Gasteiger partial charge in [0, 0.05) is 31.4 Å². The lowest BCUT2D eigenvalue weighted by Gasteiger charge is -2.25. The van der Waals surface area contributed by atoms with Crippen LogP contribution in [0.1, 0.15) is 35.8 Å². The maximum atomic E-state index is 4.68. The number of halogens is 1. The van der Waals surface area contributed by atoms with Crippen LogP contribution in [0.15, 0.2) is 47.3 Å². The van der Waals surface area contributed by atoms with Crippen LogP contribution in [0.4, 0.5) is 0 Å². The van der Waals surface area contributed by atoms with Crippen molar-refractivity contribution in [2.24, 2.45) is 0 Å². The van der Waals surface area contributed by atoms with Crippen molar-refractivity contribution in [1.29, 1.82) is 0 Å². The summed E-state index contributed by atoms with van der Waals surface area (Å²) in [5, 5.41) is 3.66. The summed E-state index contributed by atoms with van der Waals surface area (Å²) in [5.74, 6) is 0. The van der Waals surface area contributed by atoms with Crippen molar-refractivity contribution < 1.29 is 0 Å². The van der Waals surface area contributed by atoms with Gasteiger partial charge in [-0.25, -0.2) is 4.98 Å². The van der Waals surface area contributed by atoms with E-state index < -0.39 is 0 Å². The van der Waals surface area contributed by atoms with E-state index in [1.165, 1.54) is 24.1 Å². The van der Waals surface area contributed by atoms with Crippen LogP contribution in [0, 0.1) is 0 Å². The van der Waals surface area contributed by atoms with E-state index in [9.17, 15) is 0 Å². The van der Waals surface area contributed by atoms with E-state index in [1.807, 2.05) is 30.5 Å². The Morgan fingerprint density at radius 3 is 3.13 bits per heavy atom. The van der Waals surface area contributed by atoms with E-state index in [0.717, 1.165) is 35.3 Å². The standard InChI is InChI=1S/C18H19BrN4/c19-16-7-2-8-17-22-14(12-23(16)17)9-11-20-15-6-1-4-13-5-3-10-21-18(13)15/h2-3,5,7-8,10,12,15,20H,1,4,6,9,11H2. The molecule has 1 atom stereocenters. The smallest absolute Gasteiger partial charge is 0.137 e. The fourth-order valence-electron chi connectivity index (χ4n) is 3.33. The highest BCUT2D eigenvalue weighted by molar-refractivity contribution is 9.10. The molecule has 0 aromatic carbocycles. The molecule has 1 unspecified atom stereocenters. The number of nitrogens with zero attached hydrogens (tertiary/aromatic N) is 3. The number of imidazole rings is 1. The third-order valence-corrected chi connectivity index (χ3v) is 5.11. The van der Waals surface area contributed by atoms with Crippen LogP contribution < -0.4 is 5.32 Å². The maximum Gasteiger partial charge on any atom is 0.137 e. The maximum absolute atomic E-state index is 4.68. The number of nitrogens with one attached hydrogen (secondary N) is 1. The Kier molecular flexibility index (Phi) is 4.14. The van der Waals surface area contributed by atoms with Crippen LogP contribution in [-0.4, -0.2) is 20.9 Å². The molecule has 4 rings (SSSR count). The van der Waals surface area contributed by atoms with E-state index in [0.29, 0.717) is 6.04 Å². The normalized spacial score (nSPS) is 17.3. The van der Waals surface area contributed by atoms with Gasteiger partial charge in [-0.15, -0.1) is 0 Å². The summed E-state index contributed by atoms with van der Waals surface area (Å²) in [5.41, 5.74) is 4.73. The number of fused-ring (bicyclic) bond motifs is 2. The molecule has 0 aliphatic heterocycles. The van der Waals surface area contributed by atoms with E-state index in [-0.39, 0.29) is 0 Å². The van der Waals surface area contributed by atoms with Crippen LogP contribution in [0.25, 0.3) is 5.65 Å². The zero-order valence-electron chi connectivity index (χ0n) is 12.9. The highest BCUT2D eigenvalue weighted by atomic mass is 79.9. The summed E-state index contributed by atoms with van der Waals surface area (Å²) >= 11 is 3.56. The second kappa shape index (κ2) is 6.42. The van der Waals surface area contributed by atoms with Gasteiger partial charge in [0.05, 0.1) is 16.0 Å². The van der Waals surface area contributed by atoms with Gasteiger partial charge in [0.25, 0.3) is 0 Å². The first kappa shape index (κ1) is 14.8. The van der Waals surface area contributed by atoms with Crippen LogP contribution in [-0.2, 0) is 12.8 Å². The van der Waals surface area contributed by atoms with Crippen molar-refractivity contribution in [1.82, 2.24) is 19.7 Å². The molecule has 1 N–H and O–H groups in total. The molecule has 118 valence electrons. The lowest BCUT2D eigenvalue weighted by molar-refractivity contribution is 0.451. The third-order valence-electron chi connectivity index (χ3n) is 4.46. The lowest BCUT2D eigenvalue weighted by atomic mass is 9.92. The van der Waals surface area contributed by atoms with Gasteiger partial charge in [-0.1, -0.05) is 12.1 Å². The van der Waals surface area contributed by atoms with Crippen molar-refractivity contribution in [2.45, 2.75) is 31.7 Å². The molecule has 3 aromatic heterocycles. The minimum atomic E-state index is 0.378. The van der Waals surface area contributed by atoms with Gasteiger partial charge in [-0.2, -0.15) is 0 Å². The Balaban J connectivity index is 1.43. The zero-order valence-corrected chi connectivity index (χ0v) is 14.5. The van der Waals surface area contributed by atoms with Crippen LogP contribution in [0.2, 0.25) is 0 Å². The van der Waals surface area contributed by atoms with Crippen LogP contribution >= 0.6 is 15.9 Å². The molecular formula is C18H19BrN4. The summed E-state index contributed by atoms with van der Waals surface area (Å²) in [6, 6.07) is 10.7. The molecule has 23 heavy (non-hydrogen) atoms. The highest BCUT2D eigenvalue weighted by Crippen LogP contribution is 2.27. The molecule has 0 spiro atoms. The Morgan fingerprint density at radius 1 is 1.26 bits per heavy atom. The number of rotatable bonds is 4. The molecule has 0 saturated carbocycles. The molecule has 0 fully saturated rings. The number of pyridine rings is 2. The molecular weight excluding hydrogens is 352 g/mol. The number of hydrogen-bond donors (Lipinski definition) is 1. The van der Waals surface area contributed by atoms with Gasteiger partial charge in [-0.3, -0.25) is 9.38 Å². The first-order chi connectivity index (χ1) is 11.3. The molecule has 0 bridgehead atoms. The minimum Gasteiger partial charge on any atom is -0.308 e. The van der Waals surface area contributed by atoms with Crippen LogP contribution in [0.5, 0.6) is 0 Å². The average Bonchev–Trinajstić information content (AvgIpc) is 3.00. The van der Waals surface area contributed by atoms with Gasteiger partial charge in [0.15, 0.2) is 0 Å². The second-order valence-electron chi connectivity index (χ2n) is 6.01. The number of aryl methyl sites for hydroxylation is 1. The highest BCUT2D eigenvalue weighted by Gasteiger charge is 2.20. The predicted octanol–water partition coefficient (Wildman–Crippen LogP) is 3.70. The Morgan fingerprint density at radius 2 is 2.22 bits per heavy atom. The quantitative estimate of drug-likeness (QED) is 0.711. The van der Waals surface area contributed by atoms with Gasteiger partial charge >= 0.3 is 0 Å². The number of hydrogen-bond acceptors (Lipinski definition) is 3. The molecule has 0 radical (unpaired) electrons. The monoisotopic (exact) mass is 370 g/mol. The molecule has 3 heterocycles. The van der Waals surface area contributed by atoms with E-state index in [1.54, 1.807) is 0 Å². The summed E-state index contributed by atoms with van der Waals surface area (Å²) in [7, 11) is 0. The van der Waals surface area contributed by atoms with E-state index >= 15 is 0 Å². The van der Waals surface area contributed by atoms with Crippen molar-refractivity contribution >= 4 is 21.6 Å². The summed E-state index contributed by atoms with van der Waals surface area (Å²) in [4.78, 5) is 9.26. The SMILES string of the molecule is Brc1cccc2nc(CCNC3CCCc4cccnc43)cn12. The zero-order chi connectivity index (χ0) is 15.6. The molecule has 0 saturated heterocycles. The van der Waals surface area contributed by atoms with Crippen molar-refractivity contribution in [3.8, 4) is 0 Å². The average molecular weight is 371 g/mol. The Labute approximate surface area is 144 Å². The van der Waals surface area contributed by atoms with Crippen molar-refractivity contribution in [2.75, 3.05) is 6.54 Å². The fourth-order valence-corrected chi connectivity index (χ4v) is 3.77. The van der Waals surface area contributed by atoms with E-state index in [2.05, 4.69) is 47.9 Å². The minimum absolute atomic E-state index is 0.378. The van der Waals surface area contributed by atoms with E-state index in [4.69, 9.17) is 0 Å². The topological polar surface area (TPSA) is 42.2 Å². The summed E-state index contributed by atoms with van der Waals surface area (Å²) in [6.07, 6.45) is 8.49. The molecule has 0 amide bonds. The largest absolute Gasteiger partial charge is 0.308 e. The first-order valence-corrected chi connectivity index (χ1v) is 8.90. The van der Waals surface area contributed by atoms with Gasteiger partial charge in [-0.05, 0) is 59.0 Å². The second-order valence-corrected chi connectivity index (χ2v) is 6.82. The fraction of sp³-hybridized carbons (Fsp3) is 0.333. The molecule has 4 nitrogen and oxygen atoms in total.